The van der Waals surface area contributed by atoms with E-state index in [0.717, 1.165) is 0 Å². The number of carbonyl (C=O) groups is 2. The molecule has 0 fully saturated rings. The molecule has 0 atom stereocenters. The van der Waals surface area contributed by atoms with E-state index in [0.29, 0.717) is 12.2 Å². The molecule has 9 heteroatoms. The molecule has 0 saturated heterocycles. The van der Waals surface area contributed by atoms with E-state index in [1.807, 2.05) is 0 Å². The van der Waals surface area contributed by atoms with Crippen LogP contribution in [0.2, 0.25) is 0 Å². The normalized spacial score (nSPS) is 11.8. The standard InChI is InChI=1S/C12H14F4O5/c1-3-9(17)12(15,16)21-7-5-6-20-11(13,14)8-19-10(18)4-2/h3-4H,1-2,5-8H2. The Balaban J connectivity index is 3.93. The molecule has 5 nitrogen and oxygen atoms in total. The Morgan fingerprint density at radius 2 is 1.57 bits per heavy atom. The van der Waals surface area contributed by atoms with Gasteiger partial charge in [0.15, 0.2) is 6.61 Å². The van der Waals surface area contributed by atoms with E-state index in [4.69, 9.17) is 0 Å². The van der Waals surface area contributed by atoms with Crippen molar-refractivity contribution < 1.29 is 41.4 Å². The van der Waals surface area contributed by atoms with Crippen molar-refractivity contribution >= 4 is 11.8 Å². The first-order valence-electron chi connectivity index (χ1n) is 5.64. The van der Waals surface area contributed by atoms with Crippen LogP contribution in [-0.4, -0.2) is 43.8 Å². The number of halogens is 4. The SMILES string of the molecule is C=CC(=O)OCC(F)(F)OCCCOC(F)(F)C(=O)C=C. The Morgan fingerprint density at radius 1 is 1.00 bits per heavy atom. The first kappa shape index (κ1) is 19.3. The molecule has 0 aliphatic heterocycles. The molecule has 120 valence electrons. The average molecular weight is 314 g/mol. The maximum absolute atomic E-state index is 13.0. The molecule has 0 aromatic carbocycles. The predicted octanol–water partition coefficient (Wildman–Crippen LogP) is 2.08. The van der Waals surface area contributed by atoms with Crippen molar-refractivity contribution in [1.29, 1.82) is 0 Å². The number of rotatable bonds is 11. The highest BCUT2D eigenvalue weighted by Crippen LogP contribution is 2.19. The van der Waals surface area contributed by atoms with Gasteiger partial charge in [-0.3, -0.25) is 4.79 Å². The van der Waals surface area contributed by atoms with Gasteiger partial charge in [0.05, 0.1) is 13.2 Å². The number of alkyl halides is 4. The fraction of sp³-hybridized carbons (Fsp3) is 0.500. The number of hydrogen-bond acceptors (Lipinski definition) is 5. The highest BCUT2D eigenvalue weighted by Gasteiger charge is 2.38. The van der Waals surface area contributed by atoms with Crippen LogP contribution >= 0.6 is 0 Å². The number of esters is 1. The van der Waals surface area contributed by atoms with Gasteiger partial charge in [0.2, 0.25) is 0 Å². The summed E-state index contributed by atoms with van der Waals surface area (Å²) >= 11 is 0. The van der Waals surface area contributed by atoms with Crippen LogP contribution in [-0.2, 0) is 23.8 Å². The molecule has 0 aromatic rings. The van der Waals surface area contributed by atoms with Gasteiger partial charge < -0.3 is 14.2 Å². The molecule has 0 aliphatic carbocycles. The minimum Gasteiger partial charge on any atom is -0.453 e. The van der Waals surface area contributed by atoms with Crippen molar-refractivity contribution in [2.75, 3.05) is 19.8 Å². The largest absolute Gasteiger partial charge is 0.453 e. The van der Waals surface area contributed by atoms with Gasteiger partial charge in [-0.05, 0) is 12.5 Å². The summed E-state index contributed by atoms with van der Waals surface area (Å²) in [4.78, 5) is 21.2. The predicted molar refractivity (Wildman–Crippen MR) is 62.8 cm³/mol. The van der Waals surface area contributed by atoms with E-state index in [2.05, 4.69) is 27.4 Å². The summed E-state index contributed by atoms with van der Waals surface area (Å²) in [6.45, 7) is 3.22. The van der Waals surface area contributed by atoms with Crippen molar-refractivity contribution in [1.82, 2.24) is 0 Å². The van der Waals surface area contributed by atoms with Gasteiger partial charge in [0.1, 0.15) is 0 Å². The third-order valence-corrected chi connectivity index (χ3v) is 1.91. The molecule has 21 heavy (non-hydrogen) atoms. The van der Waals surface area contributed by atoms with E-state index in [9.17, 15) is 27.2 Å². The lowest BCUT2D eigenvalue weighted by atomic mass is 10.3. The van der Waals surface area contributed by atoms with E-state index in [1.165, 1.54) is 0 Å². The third-order valence-electron chi connectivity index (χ3n) is 1.91. The maximum atomic E-state index is 13.0. The summed E-state index contributed by atoms with van der Waals surface area (Å²) in [5.41, 5.74) is 0. The second kappa shape index (κ2) is 8.53. The molecule has 0 aliphatic rings. The van der Waals surface area contributed by atoms with Gasteiger partial charge in [-0.25, -0.2) is 4.79 Å². The van der Waals surface area contributed by atoms with Gasteiger partial charge in [0.25, 0.3) is 5.78 Å². The maximum Gasteiger partial charge on any atom is 0.420 e. The summed E-state index contributed by atoms with van der Waals surface area (Å²) in [5.74, 6) is -2.69. The Kier molecular flexibility index (Phi) is 7.82. The van der Waals surface area contributed by atoms with Crippen molar-refractivity contribution in [2.45, 2.75) is 18.6 Å². The van der Waals surface area contributed by atoms with Crippen molar-refractivity contribution in [2.24, 2.45) is 0 Å². The van der Waals surface area contributed by atoms with Crippen LogP contribution < -0.4 is 0 Å². The summed E-state index contributed by atoms with van der Waals surface area (Å²) in [5, 5.41) is 0. The van der Waals surface area contributed by atoms with E-state index in [1.54, 1.807) is 0 Å². The summed E-state index contributed by atoms with van der Waals surface area (Å²) in [6.07, 6.45) is -7.06. The number of carbonyl (C=O) groups excluding carboxylic acids is 2. The van der Waals surface area contributed by atoms with Crippen LogP contribution in [0.3, 0.4) is 0 Å². The smallest absolute Gasteiger partial charge is 0.420 e. The molecule has 0 rings (SSSR count). The molecule has 0 saturated carbocycles. The van der Waals surface area contributed by atoms with Crippen LogP contribution in [0.5, 0.6) is 0 Å². The number of hydrogen-bond donors (Lipinski definition) is 0. The lowest BCUT2D eigenvalue weighted by Gasteiger charge is -2.17. The molecule has 0 unspecified atom stereocenters. The Bertz CT molecular complexity index is 395. The molecule has 0 spiro atoms. The molecular weight excluding hydrogens is 300 g/mol. The minimum atomic E-state index is -4.05. The first-order valence-corrected chi connectivity index (χ1v) is 5.64. The van der Waals surface area contributed by atoms with E-state index in [-0.39, 0.29) is 6.42 Å². The van der Waals surface area contributed by atoms with Gasteiger partial charge in [0, 0.05) is 6.08 Å². The number of ketones is 1. The Hall–Kier alpha value is -1.74. The summed E-state index contributed by atoms with van der Waals surface area (Å²) in [7, 11) is 0. The molecule has 0 amide bonds. The second-order valence-corrected chi connectivity index (χ2v) is 3.58. The molecule has 0 bridgehead atoms. The zero-order chi connectivity index (χ0) is 16.5. The topological polar surface area (TPSA) is 61.8 Å². The van der Waals surface area contributed by atoms with Crippen molar-refractivity contribution in [3.63, 3.8) is 0 Å². The molecule has 0 aromatic heterocycles. The van der Waals surface area contributed by atoms with E-state index < -0.39 is 43.8 Å². The van der Waals surface area contributed by atoms with Gasteiger partial charge in [-0.1, -0.05) is 13.2 Å². The fourth-order valence-corrected chi connectivity index (χ4v) is 0.926. The van der Waals surface area contributed by atoms with Gasteiger partial charge in [-0.15, -0.1) is 0 Å². The summed E-state index contributed by atoms with van der Waals surface area (Å²) < 4.78 is 63.7. The van der Waals surface area contributed by atoms with Crippen molar-refractivity contribution in [3.8, 4) is 0 Å². The lowest BCUT2D eigenvalue weighted by Crippen LogP contribution is -2.32. The lowest BCUT2D eigenvalue weighted by molar-refractivity contribution is -0.265. The highest BCUT2D eigenvalue weighted by molar-refractivity contribution is 5.93. The second-order valence-electron chi connectivity index (χ2n) is 3.58. The summed E-state index contributed by atoms with van der Waals surface area (Å²) in [6, 6.07) is 0. The van der Waals surface area contributed by atoms with Crippen LogP contribution in [0.25, 0.3) is 0 Å². The molecule has 0 radical (unpaired) electrons. The quantitative estimate of drug-likeness (QED) is 0.253. The zero-order valence-corrected chi connectivity index (χ0v) is 11.0. The molecule has 0 heterocycles. The average Bonchev–Trinajstić information content (AvgIpc) is 2.43. The monoisotopic (exact) mass is 314 g/mol. The Labute approximate surface area is 118 Å². The van der Waals surface area contributed by atoms with Crippen LogP contribution in [0.1, 0.15) is 6.42 Å². The van der Waals surface area contributed by atoms with Crippen LogP contribution in [0.4, 0.5) is 17.6 Å². The van der Waals surface area contributed by atoms with Gasteiger partial charge in [-0.2, -0.15) is 17.6 Å². The Morgan fingerprint density at radius 3 is 2.10 bits per heavy atom. The first-order chi connectivity index (χ1) is 9.64. The van der Waals surface area contributed by atoms with Crippen molar-refractivity contribution in [3.05, 3.63) is 25.3 Å². The van der Waals surface area contributed by atoms with E-state index >= 15 is 0 Å². The zero-order valence-electron chi connectivity index (χ0n) is 11.0. The molecular formula is C12H14F4O5. The number of ether oxygens (including phenoxy) is 3. The van der Waals surface area contributed by atoms with Crippen LogP contribution in [0.15, 0.2) is 25.3 Å². The highest BCUT2D eigenvalue weighted by atomic mass is 19.3. The fourth-order valence-electron chi connectivity index (χ4n) is 0.926. The molecule has 0 N–H and O–H groups in total. The minimum absolute atomic E-state index is 0.328. The third kappa shape index (κ3) is 8.20. The van der Waals surface area contributed by atoms with Gasteiger partial charge >= 0.3 is 18.2 Å². The van der Waals surface area contributed by atoms with Crippen LogP contribution in [0, 0.1) is 0 Å².